The van der Waals surface area contributed by atoms with Crippen LogP contribution in [0.25, 0.3) is 0 Å². The van der Waals surface area contributed by atoms with Gasteiger partial charge in [-0.2, -0.15) is 0 Å². The van der Waals surface area contributed by atoms with Gasteiger partial charge in [-0.25, -0.2) is 0 Å². The lowest BCUT2D eigenvalue weighted by atomic mass is 10.1. The Kier molecular flexibility index (Phi) is 8.27. The fourth-order valence-corrected chi connectivity index (χ4v) is 3.76. The second kappa shape index (κ2) is 11.3. The van der Waals surface area contributed by atoms with Crippen molar-refractivity contribution in [3.05, 3.63) is 48.5 Å². The number of para-hydroxylation sites is 2. The SMILES string of the molecule is CN=C(NCC1CCN(c2ccccc2OC)C1)NCC(C)Oc1cccc(OC)c1. The Balaban J connectivity index is 1.42. The third kappa shape index (κ3) is 6.44. The van der Waals surface area contributed by atoms with Gasteiger partial charge in [-0.05, 0) is 43.5 Å². The van der Waals surface area contributed by atoms with Gasteiger partial charge in [-0.15, -0.1) is 0 Å². The van der Waals surface area contributed by atoms with E-state index in [0.29, 0.717) is 12.5 Å². The summed E-state index contributed by atoms with van der Waals surface area (Å²) >= 11 is 0. The highest BCUT2D eigenvalue weighted by Crippen LogP contribution is 2.31. The largest absolute Gasteiger partial charge is 0.497 e. The monoisotopic (exact) mass is 426 g/mol. The minimum Gasteiger partial charge on any atom is -0.497 e. The average molecular weight is 427 g/mol. The Hall–Kier alpha value is -3.09. The zero-order chi connectivity index (χ0) is 22.1. The molecule has 31 heavy (non-hydrogen) atoms. The number of methoxy groups -OCH3 is 2. The van der Waals surface area contributed by atoms with Gasteiger partial charge in [0.25, 0.3) is 0 Å². The molecule has 1 aliphatic heterocycles. The maximum atomic E-state index is 5.97. The quantitative estimate of drug-likeness (QED) is 0.474. The minimum absolute atomic E-state index is 0.0156. The summed E-state index contributed by atoms with van der Waals surface area (Å²) in [5.74, 6) is 3.84. The van der Waals surface area contributed by atoms with Crippen molar-refractivity contribution in [2.24, 2.45) is 10.9 Å². The summed E-state index contributed by atoms with van der Waals surface area (Å²) in [5, 5.41) is 6.81. The highest BCUT2D eigenvalue weighted by molar-refractivity contribution is 5.79. The first kappa shape index (κ1) is 22.6. The van der Waals surface area contributed by atoms with E-state index in [4.69, 9.17) is 14.2 Å². The standard InChI is InChI=1S/C24H34N4O3/c1-18(31-21-9-7-8-20(14-21)29-3)15-26-24(25-2)27-16-19-12-13-28(17-19)22-10-5-6-11-23(22)30-4/h5-11,14,18-19H,12-13,15-17H2,1-4H3,(H2,25,26,27). The van der Waals surface area contributed by atoms with E-state index in [2.05, 4.69) is 32.7 Å². The molecule has 0 amide bonds. The molecule has 2 aromatic rings. The van der Waals surface area contributed by atoms with Crippen molar-refractivity contribution in [3.8, 4) is 17.2 Å². The van der Waals surface area contributed by atoms with Crippen LogP contribution in [0.4, 0.5) is 5.69 Å². The van der Waals surface area contributed by atoms with Crippen LogP contribution in [-0.2, 0) is 0 Å². The third-order valence-electron chi connectivity index (χ3n) is 5.43. The van der Waals surface area contributed by atoms with Crippen LogP contribution in [0.2, 0.25) is 0 Å². The van der Waals surface area contributed by atoms with Gasteiger partial charge in [0.05, 0.1) is 26.5 Å². The van der Waals surface area contributed by atoms with Gasteiger partial charge in [0.2, 0.25) is 0 Å². The van der Waals surface area contributed by atoms with Crippen LogP contribution < -0.4 is 29.7 Å². The Morgan fingerprint density at radius 2 is 1.90 bits per heavy atom. The summed E-state index contributed by atoms with van der Waals surface area (Å²) in [7, 11) is 5.17. The van der Waals surface area contributed by atoms with Crippen molar-refractivity contribution < 1.29 is 14.2 Å². The Morgan fingerprint density at radius 3 is 2.68 bits per heavy atom. The minimum atomic E-state index is -0.0156. The van der Waals surface area contributed by atoms with Crippen molar-refractivity contribution in [1.29, 1.82) is 0 Å². The van der Waals surface area contributed by atoms with Crippen LogP contribution in [0.3, 0.4) is 0 Å². The lowest BCUT2D eigenvalue weighted by Gasteiger charge is -2.22. The maximum Gasteiger partial charge on any atom is 0.191 e. The maximum absolute atomic E-state index is 5.97. The third-order valence-corrected chi connectivity index (χ3v) is 5.43. The lowest BCUT2D eigenvalue weighted by molar-refractivity contribution is 0.223. The van der Waals surface area contributed by atoms with Gasteiger partial charge in [0.15, 0.2) is 5.96 Å². The molecule has 1 fully saturated rings. The average Bonchev–Trinajstić information content (AvgIpc) is 3.28. The lowest BCUT2D eigenvalue weighted by Crippen LogP contribution is -2.43. The number of nitrogens with zero attached hydrogens (tertiary/aromatic N) is 2. The zero-order valence-electron chi connectivity index (χ0n) is 18.9. The van der Waals surface area contributed by atoms with Crippen molar-refractivity contribution in [2.45, 2.75) is 19.4 Å². The fraction of sp³-hybridized carbons (Fsp3) is 0.458. The summed E-state index contributed by atoms with van der Waals surface area (Å²) in [4.78, 5) is 6.74. The van der Waals surface area contributed by atoms with Crippen LogP contribution in [0.5, 0.6) is 17.2 Å². The van der Waals surface area contributed by atoms with Gasteiger partial charge in [0, 0.05) is 32.7 Å². The molecule has 2 N–H and O–H groups in total. The first-order valence-electron chi connectivity index (χ1n) is 10.8. The fourth-order valence-electron chi connectivity index (χ4n) is 3.76. The highest BCUT2D eigenvalue weighted by Gasteiger charge is 2.24. The van der Waals surface area contributed by atoms with E-state index in [9.17, 15) is 0 Å². The van der Waals surface area contributed by atoms with Crippen LogP contribution in [0.1, 0.15) is 13.3 Å². The molecule has 3 rings (SSSR count). The second-order valence-electron chi connectivity index (χ2n) is 7.71. The van der Waals surface area contributed by atoms with E-state index in [-0.39, 0.29) is 6.10 Å². The summed E-state index contributed by atoms with van der Waals surface area (Å²) in [6, 6.07) is 15.8. The summed E-state index contributed by atoms with van der Waals surface area (Å²) < 4.78 is 16.7. The molecule has 0 spiro atoms. The van der Waals surface area contributed by atoms with Crippen LogP contribution in [0.15, 0.2) is 53.5 Å². The first-order valence-corrected chi connectivity index (χ1v) is 10.8. The van der Waals surface area contributed by atoms with Gasteiger partial charge in [-0.1, -0.05) is 18.2 Å². The molecule has 2 atom stereocenters. The number of hydrogen-bond donors (Lipinski definition) is 2. The molecule has 0 aliphatic carbocycles. The van der Waals surface area contributed by atoms with Crippen molar-refractivity contribution in [2.75, 3.05) is 52.3 Å². The molecule has 0 radical (unpaired) electrons. The normalized spacial score (nSPS) is 17.2. The van der Waals surface area contributed by atoms with E-state index in [1.54, 1.807) is 21.3 Å². The molecule has 1 heterocycles. The molecule has 2 aromatic carbocycles. The number of ether oxygens (including phenoxy) is 3. The molecule has 1 saturated heterocycles. The molecule has 0 saturated carbocycles. The van der Waals surface area contributed by atoms with Crippen LogP contribution >= 0.6 is 0 Å². The number of anilines is 1. The van der Waals surface area contributed by atoms with E-state index in [0.717, 1.165) is 49.3 Å². The van der Waals surface area contributed by atoms with E-state index in [1.807, 2.05) is 43.3 Å². The summed E-state index contributed by atoms with van der Waals surface area (Å²) in [6.45, 7) is 5.58. The smallest absolute Gasteiger partial charge is 0.191 e. The first-order chi connectivity index (χ1) is 15.1. The van der Waals surface area contributed by atoms with Crippen molar-refractivity contribution in [1.82, 2.24) is 10.6 Å². The molecule has 7 heteroatoms. The van der Waals surface area contributed by atoms with Gasteiger partial charge in [0.1, 0.15) is 23.4 Å². The Morgan fingerprint density at radius 1 is 1.10 bits per heavy atom. The van der Waals surface area contributed by atoms with Gasteiger partial charge >= 0.3 is 0 Å². The molecular formula is C24H34N4O3. The van der Waals surface area contributed by atoms with Gasteiger partial charge in [-0.3, -0.25) is 4.99 Å². The molecule has 168 valence electrons. The number of nitrogens with one attached hydrogen (secondary N) is 2. The number of benzene rings is 2. The predicted octanol–water partition coefficient (Wildman–Crippen LogP) is 3.16. The van der Waals surface area contributed by atoms with Gasteiger partial charge < -0.3 is 29.7 Å². The van der Waals surface area contributed by atoms with Crippen molar-refractivity contribution in [3.63, 3.8) is 0 Å². The number of hydrogen-bond acceptors (Lipinski definition) is 5. The number of aliphatic imine (C=N–C) groups is 1. The molecular weight excluding hydrogens is 392 g/mol. The van der Waals surface area contributed by atoms with Crippen LogP contribution in [0, 0.1) is 5.92 Å². The van der Waals surface area contributed by atoms with Crippen LogP contribution in [-0.4, -0.2) is 59.5 Å². The molecule has 0 aromatic heterocycles. The van der Waals surface area contributed by atoms with E-state index >= 15 is 0 Å². The zero-order valence-corrected chi connectivity index (χ0v) is 18.9. The Bertz CT molecular complexity index is 858. The molecule has 1 aliphatic rings. The molecule has 2 unspecified atom stereocenters. The van der Waals surface area contributed by atoms with Crippen molar-refractivity contribution >= 4 is 11.6 Å². The molecule has 7 nitrogen and oxygen atoms in total. The van der Waals surface area contributed by atoms with E-state index in [1.165, 1.54) is 5.69 Å². The number of rotatable bonds is 9. The topological polar surface area (TPSA) is 67.4 Å². The predicted molar refractivity (Wildman–Crippen MR) is 126 cm³/mol. The highest BCUT2D eigenvalue weighted by atomic mass is 16.5. The summed E-state index contributed by atoms with van der Waals surface area (Å²) in [5.41, 5.74) is 1.17. The summed E-state index contributed by atoms with van der Waals surface area (Å²) in [6.07, 6.45) is 1.12. The molecule has 0 bridgehead atoms. The number of guanidine groups is 1. The second-order valence-corrected chi connectivity index (χ2v) is 7.71. The Labute approximate surface area is 185 Å². The van der Waals surface area contributed by atoms with E-state index < -0.39 is 0 Å².